The van der Waals surface area contributed by atoms with Crippen molar-refractivity contribution in [1.82, 2.24) is 0 Å². The first-order valence-corrected chi connectivity index (χ1v) is 5.22. The minimum Gasteiger partial charge on any atom is -0.0808 e. The van der Waals surface area contributed by atoms with E-state index in [1.165, 1.54) is 24.8 Å². The largest absolute Gasteiger partial charge is 0.0808 e. The van der Waals surface area contributed by atoms with Crippen molar-refractivity contribution in [2.75, 3.05) is 0 Å². The highest BCUT2D eigenvalue weighted by molar-refractivity contribution is 5.52. The molecule has 0 N–H and O–H groups in total. The summed E-state index contributed by atoms with van der Waals surface area (Å²) in [6.07, 6.45) is 17.8. The summed E-state index contributed by atoms with van der Waals surface area (Å²) in [5, 5.41) is 0. The SMILES string of the molecule is C1=CC2=CC=C[C@H]3CCC[C@H]3C2=C1. The molecule has 0 heteroatoms. The van der Waals surface area contributed by atoms with E-state index >= 15 is 0 Å². The molecule has 66 valence electrons. The normalized spacial score (nSPS) is 35.1. The van der Waals surface area contributed by atoms with Gasteiger partial charge in [-0.25, -0.2) is 0 Å². The van der Waals surface area contributed by atoms with Crippen LogP contribution in [0.5, 0.6) is 0 Å². The molecule has 0 unspecified atom stereocenters. The van der Waals surface area contributed by atoms with E-state index in [4.69, 9.17) is 0 Å². The lowest BCUT2D eigenvalue weighted by molar-refractivity contribution is 0.539. The molecule has 0 aliphatic heterocycles. The van der Waals surface area contributed by atoms with E-state index in [0.29, 0.717) is 0 Å². The molecule has 0 aromatic heterocycles. The van der Waals surface area contributed by atoms with Crippen LogP contribution in [-0.4, -0.2) is 0 Å². The summed E-state index contributed by atoms with van der Waals surface area (Å²) in [5.74, 6) is 1.64. The van der Waals surface area contributed by atoms with E-state index in [0.717, 1.165) is 11.8 Å². The monoisotopic (exact) mass is 170 g/mol. The van der Waals surface area contributed by atoms with Gasteiger partial charge in [-0.15, -0.1) is 0 Å². The molecule has 3 aliphatic carbocycles. The third-order valence-corrected chi connectivity index (χ3v) is 3.49. The van der Waals surface area contributed by atoms with Gasteiger partial charge < -0.3 is 0 Å². The molecule has 2 atom stereocenters. The maximum atomic E-state index is 2.40. The first kappa shape index (κ1) is 7.37. The van der Waals surface area contributed by atoms with Gasteiger partial charge in [0.25, 0.3) is 0 Å². The average molecular weight is 170 g/mol. The quantitative estimate of drug-likeness (QED) is 0.522. The fourth-order valence-corrected chi connectivity index (χ4v) is 2.84. The van der Waals surface area contributed by atoms with Crippen LogP contribution in [0, 0.1) is 11.8 Å². The molecule has 13 heavy (non-hydrogen) atoms. The van der Waals surface area contributed by atoms with Crippen molar-refractivity contribution in [3.63, 3.8) is 0 Å². The third-order valence-electron chi connectivity index (χ3n) is 3.49. The Labute approximate surface area is 79.3 Å². The molecule has 0 amide bonds. The minimum atomic E-state index is 0.819. The van der Waals surface area contributed by atoms with Gasteiger partial charge in [0.1, 0.15) is 0 Å². The first-order chi connectivity index (χ1) is 6.45. The van der Waals surface area contributed by atoms with E-state index < -0.39 is 0 Å². The smallest absolute Gasteiger partial charge is 0.00930 e. The molecule has 0 nitrogen and oxygen atoms in total. The van der Waals surface area contributed by atoms with Gasteiger partial charge in [0.05, 0.1) is 0 Å². The van der Waals surface area contributed by atoms with Crippen LogP contribution in [0.3, 0.4) is 0 Å². The number of rotatable bonds is 0. The summed E-state index contributed by atoms with van der Waals surface area (Å²) >= 11 is 0. The molecule has 0 radical (unpaired) electrons. The summed E-state index contributed by atoms with van der Waals surface area (Å²) in [6.45, 7) is 0. The number of hydrogen-bond donors (Lipinski definition) is 0. The summed E-state index contributed by atoms with van der Waals surface area (Å²) in [7, 11) is 0. The van der Waals surface area contributed by atoms with Gasteiger partial charge in [0.15, 0.2) is 0 Å². The van der Waals surface area contributed by atoms with Crippen LogP contribution in [0.15, 0.2) is 47.6 Å². The van der Waals surface area contributed by atoms with Crippen molar-refractivity contribution >= 4 is 0 Å². The highest BCUT2D eigenvalue weighted by Gasteiger charge is 2.30. The van der Waals surface area contributed by atoms with E-state index in [2.05, 4.69) is 36.5 Å². The molecule has 3 rings (SSSR count). The van der Waals surface area contributed by atoms with Crippen LogP contribution in [0.25, 0.3) is 0 Å². The molecule has 1 fully saturated rings. The predicted octanol–water partition coefficient (Wildman–Crippen LogP) is 3.40. The predicted molar refractivity (Wildman–Crippen MR) is 55.3 cm³/mol. The number of fused-ring (bicyclic) bond motifs is 3. The van der Waals surface area contributed by atoms with E-state index in [1.54, 1.807) is 5.57 Å². The van der Waals surface area contributed by atoms with Gasteiger partial charge >= 0.3 is 0 Å². The number of allylic oxidation sites excluding steroid dienone is 8. The Morgan fingerprint density at radius 3 is 3.08 bits per heavy atom. The van der Waals surface area contributed by atoms with Gasteiger partial charge in [-0.05, 0) is 35.8 Å². The van der Waals surface area contributed by atoms with Crippen LogP contribution in [0.2, 0.25) is 0 Å². The molecular formula is C13H14. The summed E-state index contributed by atoms with van der Waals surface area (Å²) in [4.78, 5) is 0. The van der Waals surface area contributed by atoms with Crippen molar-refractivity contribution in [2.24, 2.45) is 11.8 Å². The van der Waals surface area contributed by atoms with E-state index in [9.17, 15) is 0 Å². The Morgan fingerprint density at radius 2 is 2.08 bits per heavy atom. The Bertz CT molecular complexity index is 339. The Morgan fingerprint density at radius 1 is 1.08 bits per heavy atom. The second-order valence-corrected chi connectivity index (χ2v) is 4.19. The van der Waals surface area contributed by atoms with Crippen molar-refractivity contribution < 1.29 is 0 Å². The summed E-state index contributed by atoms with van der Waals surface area (Å²) < 4.78 is 0. The molecule has 0 aromatic carbocycles. The molecule has 1 saturated carbocycles. The Kier molecular flexibility index (Phi) is 1.55. The lowest BCUT2D eigenvalue weighted by Crippen LogP contribution is -2.07. The standard InChI is InChI=1S/C13H14/c1-4-10-6-2-8-12(10)13-9-3-7-11(13)5-1/h1-2,4-6,8,11,13H,3,7,9H2/t11-,13+/m0/s1. The highest BCUT2D eigenvalue weighted by atomic mass is 14.3. The second kappa shape index (κ2) is 2.73. The number of hydrogen-bond acceptors (Lipinski definition) is 0. The lowest BCUT2D eigenvalue weighted by Gasteiger charge is -2.17. The first-order valence-electron chi connectivity index (χ1n) is 5.22. The van der Waals surface area contributed by atoms with Crippen LogP contribution < -0.4 is 0 Å². The zero-order chi connectivity index (χ0) is 8.67. The molecular weight excluding hydrogens is 156 g/mol. The van der Waals surface area contributed by atoms with E-state index in [-0.39, 0.29) is 0 Å². The van der Waals surface area contributed by atoms with Crippen LogP contribution in [-0.2, 0) is 0 Å². The Balaban J connectivity index is 2.04. The van der Waals surface area contributed by atoms with Gasteiger partial charge in [-0.1, -0.05) is 42.9 Å². The van der Waals surface area contributed by atoms with Crippen molar-refractivity contribution in [3.05, 3.63) is 47.6 Å². The zero-order valence-electron chi connectivity index (χ0n) is 7.74. The molecule has 0 heterocycles. The Hall–Kier alpha value is -1.04. The van der Waals surface area contributed by atoms with Crippen molar-refractivity contribution in [2.45, 2.75) is 19.3 Å². The highest BCUT2D eigenvalue weighted by Crippen LogP contribution is 2.43. The zero-order valence-corrected chi connectivity index (χ0v) is 7.74. The third kappa shape index (κ3) is 1.05. The van der Waals surface area contributed by atoms with Crippen LogP contribution in [0.4, 0.5) is 0 Å². The maximum absolute atomic E-state index is 2.40. The molecule has 0 bridgehead atoms. The molecule has 3 aliphatic rings. The summed E-state index contributed by atoms with van der Waals surface area (Å²) in [5.41, 5.74) is 3.04. The summed E-state index contributed by atoms with van der Waals surface area (Å²) in [6, 6.07) is 0. The topological polar surface area (TPSA) is 0 Å². The van der Waals surface area contributed by atoms with Crippen LogP contribution >= 0.6 is 0 Å². The fourth-order valence-electron chi connectivity index (χ4n) is 2.84. The lowest BCUT2D eigenvalue weighted by atomic mass is 9.87. The fraction of sp³-hybridized carbons (Fsp3) is 0.385. The molecule has 0 saturated heterocycles. The molecule has 0 aromatic rings. The van der Waals surface area contributed by atoms with Gasteiger partial charge in [0.2, 0.25) is 0 Å². The van der Waals surface area contributed by atoms with E-state index in [1.807, 2.05) is 0 Å². The van der Waals surface area contributed by atoms with Gasteiger partial charge in [0, 0.05) is 0 Å². The second-order valence-electron chi connectivity index (χ2n) is 4.19. The van der Waals surface area contributed by atoms with Gasteiger partial charge in [-0.3, -0.25) is 0 Å². The van der Waals surface area contributed by atoms with Crippen molar-refractivity contribution in [3.8, 4) is 0 Å². The van der Waals surface area contributed by atoms with Crippen molar-refractivity contribution in [1.29, 1.82) is 0 Å². The molecule has 0 spiro atoms. The average Bonchev–Trinajstić information content (AvgIpc) is 2.72. The van der Waals surface area contributed by atoms with Gasteiger partial charge in [-0.2, -0.15) is 0 Å². The minimum absolute atomic E-state index is 0.819. The van der Waals surface area contributed by atoms with Crippen LogP contribution in [0.1, 0.15) is 19.3 Å². The maximum Gasteiger partial charge on any atom is -0.00930 e.